The van der Waals surface area contributed by atoms with E-state index in [-0.39, 0.29) is 6.03 Å². The maximum Gasteiger partial charge on any atom is 0.317 e. The first-order valence-corrected chi connectivity index (χ1v) is 9.17. The lowest BCUT2D eigenvalue weighted by atomic mass is 10.1. The van der Waals surface area contributed by atoms with Gasteiger partial charge in [-0.15, -0.1) is 0 Å². The number of thioether (sulfide) groups is 1. The smallest absolute Gasteiger partial charge is 0.317 e. The molecule has 124 valence electrons. The van der Waals surface area contributed by atoms with E-state index in [4.69, 9.17) is 0 Å². The second kappa shape index (κ2) is 7.90. The molecule has 1 aliphatic heterocycles. The minimum absolute atomic E-state index is 0.0827. The van der Waals surface area contributed by atoms with Gasteiger partial charge in [0.15, 0.2) is 0 Å². The standard InChI is InChI=1S/C16H28N4OS/c1-12(2)15-11-19(8-9-22-15)16(21)17-6-5-7-20-14(4)10-13(3)18-20/h10,12,15H,5-9,11H2,1-4H3,(H,17,21)/t15-/m1/s1. The normalized spacial score (nSPS) is 18.8. The fourth-order valence-corrected chi connectivity index (χ4v) is 4.00. The van der Waals surface area contributed by atoms with Crippen LogP contribution in [0, 0.1) is 19.8 Å². The maximum atomic E-state index is 12.2. The van der Waals surface area contributed by atoms with Crippen molar-refractivity contribution >= 4 is 17.8 Å². The predicted octanol–water partition coefficient (Wildman–Crippen LogP) is 2.67. The monoisotopic (exact) mass is 324 g/mol. The van der Waals surface area contributed by atoms with Crippen molar-refractivity contribution < 1.29 is 4.79 Å². The Kier molecular flexibility index (Phi) is 6.17. The number of hydrogen-bond acceptors (Lipinski definition) is 3. The Morgan fingerprint density at radius 3 is 2.91 bits per heavy atom. The van der Waals surface area contributed by atoms with Crippen LogP contribution in [0.4, 0.5) is 4.79 Å². The Morgan fingerprint density at radius 2 is 2.27 bits per heavy atom. The molecule has 0 spiro atoms. The van der Waals surface area contributed by atoms with Crippen molar-refractivity contribution in [3.8, 4) is 0 Å². The Balaban J connectivity index is 1.70. The van der Waals surface area contributed by atoms with Crippen molar-refractivity contribution in [2.75, 3.05) is 25.4 Å². The zero-order valence-electron chi connectivity index (χ0n) is 14.1. The van der Waals surface area contributed by atoms with Gasteiger partial charge in [0.1, 0.15) is 0 Å². The summed E-state index contributed by atoms with van der Waals surface area (Å²) in [5.74, 6) is 1.66. The van der Waals surface area contributed by atoms with E-state index in [1.165, 1.54) is 5.69 Å². The molecule has 1 aliphatic rings. The molecule has 1 N–H and O–H groups in total. The number of urea groups is 1. The summed E-state index contributed by atoms with van der Waals surface area (Å²) in [7, 11) is 0. The van der Waals surface area contributed by atoms with Gasteiger partial charge in [0.05, 0.1) is 5.69 Å². The van der Waals surface area contributed by atoms with Gasteiger partial charge in [0.25, 0.3) is 0 Å². The average molecular weight is 324 g/mol. The molecule has 1 aromatic heterocycles. The zero-order chi connectivity index (χ0) is 16.1. The number of aromatic nitrogens is 2. The number of nitrogens with zero attached hydrogens (tertiary/aromatic N) is 3. The van der Waals surface area contributed by atoms with Gasteiger partial charge in [-0.3, -0.25) is 4.68 Å². The van der Waals surface area contributed by atoms with Gasteiger partial charge in [-0.2, -0.15) is 16.9 Å². The second-order valence-corrected chi connectivity index (χ2v) is 7.68. The third-order valence-electron chi connectivity index (χ3n) is 4.05. The van der Waals surface area contributed by atoms with Crippen molar-refractivity contribution in [1.82, 2.24) is 20.0 Å². The molecule has 1 atom stereocenters. The molecular formula is C16H28N4OS. The first-order valence-electron chi connectivity index (χ1n) is 8.13. The number of aryl methyl sites for hydroxylation is 3. The van der Waals surface area contributed by atoms with Crippen LogP contribution in [0.5, 0.6) is 0 Å². The molecule has 1 aromatic rings. The third kappa shape index (κ3) is 4.66. The molecular weight excluding hydrogens is 296 g/mol. The highest BCUT2D eigenvalue weighted by molar-refractivity contribution is 8.00. The molecule has 1 saturated heterocycles. The van der Waals surface area contributed by atoms with Crippen molar-refractivity contribution in [3.63, 3.8) is 0 Å². The van der Waals surface area contributed by atoms with Crippen LogP contribution in [-0.2, 0) is 6.54 Å². The SMILES string of the molecule is Cc1cc(C)n(CCCNC(=O)N2CCS[C@@H](C(C)C)C2)n1. The Hall–Kier alpha value is -1.17. The lowest BCUT2D eigenvalue weighted by Gasteiger charge is -2.34. The van der Waals surface area contributed by atoms with Crippen LogP contribution in [0.2, 0.25) is 0 Å². The van der Waals surface area contributed by atoms with Gasteiger partial charge in [-0.05, 0) is 32.3 Å². The molecule has 2 amide bonds. The van der Waals surface area contributed by atoms with Gasteiger partial charge in [0, 0.05) is 42.9 Å². The van der Waals surface area contributed by atoms with E-state index in [2.05, 4.69) is 37.3 Å². The molecule has 2 heterocycles. The molecule has 0 bridgehead atoms. The third-order valence-corrected chi connectivity index (χ3v) is 5.59. The fraction of sp³-hybridized carbons (Fsp3) is 0.750. The van der Waals surface area contributed by atoms with E-state index in [9.17, 15) is 4.79 Å². The molecule has 0 aromatic carbocycles. The predicted molar refractivity (Wildman–Crippen MR) is 92.4 cm³/mol. The van der Waals surface area contributed by atoms with Gasteiger partial charge in [0.2, 0.25) is 0 Å². The van der Waals surface area contributed by atoms with E-state index in [0.717, 1.165) is 37.5 Å². The van der Waals surface area contributed by atoms with Crippen LogP contribution in [0.15, 0.2) is 6.07 Å². The topological polar surface area (TPSA) is 50.2 Å². The summed E-state index contributed by atoms with van der Waals surface area (Å²) >= 11 is 1.99. The summed E-state index contributed by atoms with van der Waals surface area (Å²) in [6, 6.07) is 2.16. The van der Waals surface area contributed by atoms with Gasteiger partial charge in [-0.1, -0.05) is 13.8 Å². The molecule has 6 heteroatoms. The Labute approximate surface area is 137 Å². The number of hydrogen-bond donors (Lipinski definition) is 1. The van der Waals surface area contributed by atoms with Crippen molar-refractivity contribution in [2.24, 2.45) is 5.92 Å². The quantitative estimate of drug-likeness (QED) is 0.847. The Morgan fingerprint density at radius 1 is 1.50 bits per heavy atom. The summed E-state index contributed by atoms with van der Waals surface area (Å²) in [5, 5.41) is 8.05. The van der Waals surface area contributed by atoms with Crippen LogP contribution >= 0.6 is 11.8 Å². The zero-order valence-corrected chi connectivity index (χ0v) is 14.9. The summed E-state index contributed by atoms with van der Waals surface area (Å²) in [6.07, 6.45) is 0.907. The van der Waals surface area contributed by atoms with Crippen molar-refractivity contribution in [3.05, 3.63) is 17.5 Å². The second-order valence-electron chi connectivity index (χ2n) is 6.33. The molecule has 0 radical (unpaired) electrons. The highest BCUT2D eigenvalue weighted by Crippen LogP contribution is 2.24. The first-order chi connectivity index (χ1) is 10.5. The molecule has 1 fully saturated rings. The van der Waals surface area contributed by atoms with E-state index >= 15 is 0 Å². The summed E-state index contributed by atoms with van der Waals surface area (Å²) in [6.45, 7) is 11.8. The largest absolute Gasteiger partial charge is 0.338 e. The van der Waals surface area contributed by atoms with Crippen LogP contribution in [0.25, 0.3) is 0 Å². The van der Waals surface area contributed by atoms with Crippen LogP contribution in [0.3, 0.4) is 0 Å². The molecule has 0 saturated carbocycles. The van der Waals surface area contributed by atoms with Gasteiger partial charge < -0.3 is 10.2 Å². The minimum Gasteiger partial charge on any atom is -0.338 e. The maximum absolute atomic E-state index is 12.2. The fourth-order valence-electron chi connectivity index (χ4n) is 2.70. The number of carbonyl (C=O) groups is 1. The lowest BCUT2D eigenvalue weighted by molar-refractivity contribution is 0.197. The number of amides is 2. The van der Waals surface area contributed by atoms with Crippen molar-refractivity contribution in [2.45, 2.75) is 45.9 Å². The molecule has 22 heavy (non-hydrogen) atoms. The highest BCUT2D eigenvalue weighted by atomic mass is 32.2. The average Bonchev–Trinajstić information content (AvgIpc) is 2.81. The van der Waals surface area contributed by atoms with Crippen LogP contribution in [0.1, 0.15) is 31.7 Å². The van der Waals surface area contributed by atoms with Crippen LogP contribution < -0.4 is 5.32 Å². The first kappa shape index (κ1) is 17.2. The number of nitrogens with one attached hydrogen (secondary N) is 1. The molecule has 0 aliphatic carbocycles. The van der Waals surface area contributed by atoms with Crippen LogP contribution in [-0.4, -0.2) is 51.3 Å². The van der Waals surface area contributed by atoms with Gasteiger partial charge >= 0.3 is 6.03 Å². The lowest BCUT2D eigenvalue weighted by Crippen LogP contribution is -2.48. The molecule has 5 nitrogen and oxygen atoms in total. The van der Waals surface area contributed by atoms with Crippen molar-refractivity contribution in [1.29, 1.82) is 0 Å². The highest BCUT2D eigenvalue weighted by Gasteiger charge is 2.25. The summed E-state index contributed by atoms with van der Waals surface area (Å²) < 4.78 is 2.01. The van der Waals surface area contributed by atoms with E-state index in [1.807, 2.05) is 28.3 Å². The van der Waals surface area contributed by atoms with Gasteiger partial charge in [-0.25, -0.2) is 4.79 Å². The number of rotatable bonds is 5. The molecule has 2 rings (SSSR count). The van der Waals surface area contributed by atoms with E-state index < -0.39 is 0 Å². The number of carbonyl (C=O) groups excluding carboxylic acids is 1. The minimum atomic E-state index is 0.0827. The Bertz CT molecular complexity index is 500. The summed E-state index contributed by atoms with van der Waals surface area (Å²) in [4.78, 5) is 14.2. The van der Waals surface area contributed by atoms with E-state index in [0.29, 0.717) is 17.7 Å². The molecule has 0 unspecified atom stereocenters. The summed E-state index contributed by atoms with van der Waals surface area (Å²) in [5.41, 5.74) is 2.23. The van der Waals surface area contributed by atoms with E-state index in [1.54, 1.807) is 0 Å².